The Kier molecular flexibility index (Phi) is 6.34. The molecule has 0 bridgehead atoms. The number of fused-ring (bicyclic) bond motifs is 1. The molecule has 1 saturated heterocycles. The number of benzene rings is 3. The summed E-state index contributed by atoms with van der Waals surface area (Å²) in [7, 11) is 1.62. The van der Waals surface area contributed by atoms with Crippen molar-refractivity contribution in [2.24, 2.45) is 5.92 Å². The summed E-state index contributed by atoms with van der Waals surface area (Å²) < 4.78 is 27.7. The highest BCUT2D eigenvalue weighted by molar-refractivity contribution is 5.71. The van der Waals surface area contributed by atoms with E-state index < -0.39 is 29.4 Å². The molecule has 1 aliphatic heterocycles. The van der Waals surface area contributed by atoms with E-state index in [0.717, 1.165) is 16.7 Å². The zero-order valence-electron chi connectivity index (χ0n) is 22.0. The van der Waals surface area contributed by atoms with Gasteiger partial charge in [0, 0.05) is 0 Å². The molecule has 3 heterocycles. The molecule has 3 atom stereocenters. The maximum Gasteiger partial charge on any atom is 0.280 e. The molecule has 0 unspecified atom stereocenters. The SMILES string of the molecule is C=C1O[C@@H](n2cnc3c(=O)[nH]c(NC(c4ccccc4)(c4ccccc4)c4ccc(OC)cc4)nc32)[C@H](F)[C@@H]1C. The number of allylic oxidation sites excluding steroid dienone is 1. The standard InChI is InChI=1S/C31H28FN5O3/c1-19-20(2)40-29(25(19)32)37-18-33-26-27(37)34-30(35-28(26)38)36-31(21-10-6-4-7-11-21,22-12-8-5-9-13-22)23-14-16-24(39-3)17-15-23/h4-19,25,29H,2H2,1,3H3,(H2,34,35,36,38)/t19-,25-,29-/m1/s1. The van der Waals surface area contributed by atoms with Gasteiger partial charge < -0.3 is 14.8 Å². The molecule has 2 aromatic heterocycles. The van der Waals surface area contributed by atoms with Gasteiger partial charge in [0.05, 0.1) is 18.8 Å². The van der Waals surface area contributed by atoms with Crippen molar-refractivity contribution in [2.45, 2.75) is 24.9 Å². The summed E-state index contributed by atoms with van der Waals surface area (Å²) in [5.41, 5.74) is 1.56. The number of halogens is 1. The number of methoxy groups -OCH3 is 1. The first-order valence-corrected chi connectivity index (χ1v) is 12.9. The van der Waals surface area contributed by atoms with Crippen molar-refractivity contribution < 1.29 is 13.9 Å². The van der Waals surface area contributed by atoms with Gasteiger partial charge in [-0.2, -0.15) is 4.98 Å². The predicted molar refractivity (Wildman–Crippen MR) is 151 cm³/mol. The third kappa shape index (κ3) is 4.10. The second-order valence-electron chi connectivity index (χ2n) is 9.78. The summed E-state index contributed by atoms with van der Waals surface area (Å²) in [4.78, 5) is 25.0. The Bertz CT molecular complexity index is 1680. The molecule has 1 aliphatic rings. The lowest BCUT2D eigenvalue weighted by Gasteiger charge is -2.37. The Morgan fingerprint density at radius 2 is 1.60 bits per heavy atom. The summed E-state index contributed by atoms with van der Waals surface area (Å²) in [6, 6.07) is 27.5. The number of rotatable bonds is 7. The van der Waals surface area contributed by atoms with E-state index in [4.69, 9.17) is 14.5 Å². The van der Waals surface area contributed by atoms with Crippen molar-refractivity contribution in [1.82, 2.24) is 19.5 Å². The van der Waals surface area contributed by atoms with Crippen LogP contribution in [0.2, 0.25) is 0 Å². The van der Waals surface area contributed by atoms with Crippen LogP contribution in [0.1, 0.15) is 29.8 Å². The van der Waals surface area contributed by atoms with E-state index in [1.807, 2.05) is 84.9 Å². The number of anilines is 1. The molecule has 9 heteroatoms. The summed E-state index contributed by atoms with van der Waals surface area (Å²) >= 11 is 0. The first kappa shape index (κ1) is 25.4. The second kappa shape index (κ2) is 10.00. The maximum atomic E-state index is 15.1. The van der Waals surface area contributed by atoms with Crippen LogP contribution in [-0.4, -0.2) is 32.8 Å². The fourth-order valence-corrected chi connectivity index (χ4v) is 5.25. The molecular formula is C31H28FN5O3. The zero-order valence-corrected chi connectivity index (χ0v) is 22.0. The number of aromatic nitrogens is 4. The van der Waals surface area contributed by atoms with E-state index in [2.05, 4.69) is 21.9 Å². The van der Waals surface area contributed by atoms with Crippen molar-refractivity contribution >= 4 is 17.1 Å². The number of hydrogen-bond acceptors (Lipinski definition) is 6. The van der Waals surface area contributed by atoms with Gasteiger partial charge in [-0.1, -0.05) is 86.3 Å². The zero-order chi connectivity index (χ0) is 27.9. The molecule has 0 saturated carbocycles. The van der Waals surface area contributed by atoms with Crippen molar-refractivity contribution in [3.8, 4) is 5.75 Å². The van der Waals surface area contributed by atoms with Gasteiger partial charge in [-0.25, -0.2) is 9.37 Å². The molecule has 2 N–H and O–H groups in total. The van der Waals surface area contributed by atoms with Crippen LogP contribution in [0.5, 0.6) is 5.75 Å². The maximum absolute atomic E-state index is 15.1. The lowest BCUT2D eigenvalue weighted by Crippen LogP contribution is -2.39. The van der Waals surface area contributed by atoms with Crippen LogP contribution in [0.3, 0.4) is 0 Å². The van der Waals surface area contributed by atoms with E-state index in [1.165, 1.54) is 10.9 Å². The fraction of sp³-hybridized carbons (Fsp3) is 0.194. The molecule has 202 valence electrons. The minimum atomic E-state index is -1.37. The number of nitrogens with zero attached hydrogens (tertiary/aromatic N) is 3. The van der Waals surface area contributed by atoms with Gasteiger partial charge in [-0.15, -0.1) is 0 Å². The second-order valence-corrected chi connectivity index (χ2v) is 9.78. The van der Waals surface area contributed by atoms with E-state index in [9.17, 15) is 4.79 Å². The van der Waals surface area contributed by atoms with Gasteiger partial charge >= 0.3 is 0 Å². The Balaban J connectivity index is 1.56. The molecule has 5 aromatic rings. The van der Waals surface area contributed by atoms with Gasteiger partial charge in [-0.3, -0.25) is 14.3 Å². The molecule has 40 heavy (non-hydrogen) atoms. The minimum Gasteiger partial charge on any atom is -0.497 e. The van der Waals surface area contributed by atoms with Crippen LogP contribution in [-0.2, 0) is 10.3 Å². The fourth-order valence-electron chi connectivity index (χ4n) is 5.25. The van der Waals surface area contributed by atoms with Crippen LogP contribution >= 0.6 is 0 Å². The van der Waals surface area contributed by atoms with Crippen molar-refractivity contribution in [1.29, 1.82) is 0 Å². The Labute approximate surface area is 230 Å². The summed E-state index contributed by atoms with van der Waals surface area (Å²) in [6.07, 6.45) is -1.01. The first-order valence-electron chi connectivity index (χ1n) is 12.9. The normalized spacial score (nSPS) is 19.0. The van der Waals surface area contributed by atoms with Gasteiger partial charge in [-0.05, 0) is 28.8 Å². The van der Waals surface area contributed by atoms with Gasteiger partial charge in [0.1, 0.15) is 17.6 Å². The number of aromatic amines is 1. The van der Waals surface area contributed by atoms with Crippen LogP contribution in [0.25, 0.3) is 11.2 Å². The molecule has 0 amide bonds. The van der Waals surface area contributed by atoms with E-state index >= 15 is 4.39 Å². The van der Waals surface area contributed by atoms with Gasteiger partial charge in [0.25, 0.3) is 5.56 Å². The molecule has 6 rings (SSSR count). The molecule has 0 radical (unpaired) electrons. The lowest BCUT2D eigenvalue weighted by molar-refractivity contribution is 0.0499. The van der Waals surface area contributed by atoms with Crippen LogP contribution in [0.15, 0.2) is 108 Å². The minimum absolute atomic E-state index is 0.0842. The highest BCUT2D eigenvalue weighted by atomic mass is 19.1. The van der Waals surface area contributed by atoms with E-state index in [-0.39, 0.29) is 17.1 Å². The lowest BCUT2D eigenvalue weighted by atomic mass is 9.77. The van der Waals surface area contributed by atoms with Crippen molar-refractivity contribution in [2.75, 3.05) is 12.4 Å². The van der Waals surface area contributed by atoms with Crippen molar-refractivity contribution in [3.63, 3.8) is 0 Å². The average molecular weight is 538 g/mol. The summed E-state index contributed by atoms with van der Waals surface area (Å²) in [5.74, 6) is 0.738. The number of ether oxygens (including phenoxy) is 2. The molecule has 1 fully saturated rings. The molecule has 0 spiro atoms. The van der Waals surface area contributed by atoms with E-state index in [1.54, 1.807) is 14.0 Å². The van der Waals surface area contributed by atoms with E-state index in [0.29, 0.717) is 11.5 Å². The third-order valence-electron chi connectivity index (χ3n) is 7.48. The number of H-pyrrole nitrogens is 1. The quantitative estimate of drug-likeness (QED) is 0.265. The highest BCUT2D eigenvalue weighted by Gasteiger charge is 2.41. The number of imidazole rings is 1. The van der Waals surface area contributed by atoms with Gasteiger partial charge in [0.2, 0.25) is 12.2 Å². The highest BCUT2D eigenvalue weighted by Crippen LogP contribution is 2.41. The molecule has 3 aromatic carbocycles. The van der Waals surface area contributed by atoms with Crippen LogP contribution < -0.4 is 15.6 Å². The Morgan fingerprint density at radius 3 is 2.15 bits per heavy atom. The summed E-state index contributed by atoms with van der Waals surface area (Å²) in [5, 5.41) is 3.55. The van der Waals surface area contributed by atoms with Gasteiger partial charge in [0.15, 0.2) is 17.3 Å². The topological polar surface area (TPSA) is 94.1 Å². The monoisotopic (exact) mass is 537 g/mol. The third-order valence-corrected chi connectivity index (χ3v) is 7.48. The first-order chi connectivity index (χ1) is 19.4. The van der Waals surface area contributed by atoms with Crippen LogP contribution in [0, 0.1) is 5.92 Å². The largest absolute Gasteiger partial charge is 0.497 e. The Hall–Kier alpha value is -4.92. The molecule has 8 nitrogen and oxygen atoms in total. The smallest absolute Gasteiger partial charge is 0.280 e. The number of nitrogens with one attached hydrogen (secondary N) is 2. The van der Waals surface area contributed by atoms with Crippen LogP contribution in [0.4, 0.5) is 10.3 Å². The molecule has 0 aliphatic carbocycles. The predicted octanol–water partition coefficient (Wildman–Crippen LogP) is 5.55. The number of alkyl halides is 1. The van der Waals surface area contributed by atoms with Crippen molar-refractivity contribution in [3.05, 3.63) is 131 Å². The average Bonchev–Trinajstić information content (AvgIpc) is 3.53. The number of hydrogen-bond donors (Lipinski definition) is 2. The Morgan fingerprint density at radius 1 is 1.00 bits per heavy atom. The summed E-state index contributed by atoms with van der Waals surface area (Å²) in [6.45, 7) is 5.53. The molecular weight excluding hydrogens is 509 g/mol.